The van der Waals surface area contributed by atoms with Crippen LogP contribution in [-0.2, 0) is 14.3 Å². The number of hydrogen-bond acceptors (Lipinski definition) is 5. The van der Waals surface area contributed by atoms with Gasteiger partial charge in [0.25, 0.3) is 0 Å². The van der Waals surface area contributed by atoms with Gasteiger partial charge in [0.2, 0.25) is 5.91 Å². The van der Waals surface area contributed by atoms with Gasteiger partial charge in [0.05, 0.1) is 25.4 Å². The maximum atomic E-state index is 12.5. The van der Waals surface area contributed by atoms with Crippen LogP contribution in [0.2, 0.25) is 0 Å². The molecule has 1 amide bonds. The second-order valence-corrected chi connectivity index (χ2v) is 23.5. The lowest BCUT2D eigenvalue weighted by Gasteiger charge is -2.22. The molecule has 2 atom stereocenters. The van der Waals surface area contributed by atoms with Crippen molar-refractivity contribution >= 4 is 11.9 Å². The first-order valence-electron chi connectivity index (χ1n) is 33.8. The Bertz CT molecular complexity index is 1050. The summed E-state index contributed by atoms with van der Waals surface area (Å²) in [7, 11) is 0. The lowest BCUT2D eigenvalue weighted by atomic mass is 10.0. The average Bonchev–Trinajstić information content (AvgIpc) is 3.39. The monoisotopic (exact) mass is 1030 g/mol. The van der Waals surface area contributed by atoms with Crippen molar-refractivity contribution in [1.82, 2.24) is 5.32 Å². The molecule has 0 aliphatic carbocycles. The van der Waals surface area contributed by atoms with E-state index in [4.69, 9.17) is 4.74 Å². The van der Waals surface area contributed by atoms with E-state index in [0.717, 1.165) is 38.5 Å². The highest BCUT2D eigenvalue weighted by Crippen LogP contribution is 2.19. The molecule has 0 spiro atoms. The lowest BCUT2D eigenvalue weighted by molar-refractivity contribution is -0.143. The minimum Gasteiger partial charge on any atom is -0.466 e. The molecule has 436 valence electrons. The molecule has 0 saturated heterocycles. The Labute approximate surface area is 457 Å². The Morgan fingerprint density at radius 2 is 0.562 bits per heavy atom. The number of aliphatic hydroxyl groups is 2. The molecule has 0 aromatic carbocycles. The molecule has 73 heavy (non-hydrogen) atoms. The molecule has 0 aliphatic rings. The fraction of sp³-hybridized carbons (Fsp3) is 0.970. The van der Waals surface area contributed by atoms with Crippen LogP contribution in [0, 0.1) is 0 Å². The van der Waals surface area contributed by atoms with Gasteiger partial charge in [-0.25, -0.2) is 0 Å². The first-order chi connectivity index (χ1) is 36.0. The number of carbonyl (C=O) groups excluding carboxylic acids is 2. The summed E-state index contributed by atoms with van der Waals surface area (Å²) in [4.78, 5) is 24.6. The third-order valence-corrected chi connectivity index (χ3v) is 16.2. The second kappa shape index (κ2) is 63.4. The van der Waals surface area contributed by atoms with E-state index in [0.29, 0.717) is 25.9 Å². The zero-order valence-corrected chi connectivity index (χ0v) is 49.9. The summed E-state index contributed by atoms with van der Waals surface area (Å²) in [5, 5.41) is 23.2. The molecule has 0 aromatic heterocycles. The zero-order chi connectivity index (χ0) is 52.9. The normalized spacial score (nSPS) is 12.4. The van der Waals surface area contributed by atoms with Gasteiger partial charge < -0.3 is 20.3 Å². The van der Waals surface area contributed by atoms with Crippen molar-refractivity contribution < 1.29 is 24.5 Å². The van der Waals surface area contributed by atoms with Crippen molar-refractivity contribution in [1.29, 1.82) is 0 Å². The highest BCUT2D eigenvalue weighted by atomic mass is 16.5. The predicted octanol–water partition coefficient (Wildman–Crippen LogP) is 21.4. The number of carbonyl (C=O) groups is 2. The molecule has 6 nitrogen and oxygen atoms in total. The summed E-state index contributed by atoms with van der Waals surface area (Å²) in [5.41, 5.74) is 0. The molecule has 0 aromatic rings. The SMILES string of the molecule is CCCCCCCCCCCCCCCCCCCCCC(=O)OCCCCCCCCCCCCCCCCCCCCCCCCCCCC(=O)NC(CO)C(O)CCCCCCCCCCCCCC. The number of amides is 1. The first-order valence-corrected chi connectivity index (χ1v) is 33.8. The molecule has 3 N–H and O–H groups in total. The average molecular weight is 1030 g/mol. The number of aliphatic hydroxyl groups excluding tert-OH is 2. The molecular weight excluding hydrogens is 899 g/mol. The van der Waals surface area contributed by atoms with Crippen LogP contribution in [-0.4, -0.2) is 47.4 Å². The van der Waals surface area contributed by atoms with E-state index in [1.807, 2.05) is 0 Å². The van der Waals surface area contributed by atoms with Crippen LogP contribution in [0.25, 0.3) is 0 Å². The standard InChI is InChI=1S/C67H133NO5/c1-3-5-7-9-11-13-15-17-18-19-27-31-34-37-41-45-49-53-57-61-67(72)73-62-58-54-50-46-42-38-35-32-29-26-24-22-20-21-23-25-28-30-33-36-40-44-48-52-56-60-66(71)68-64(63-69)65(70)59-55-51-47-43-39-16-14-12-10-8-6-4-2/h64-65,69-70H,3-63H2,1-2H3,(H,68,71). The highest BCUT2D eigenvalue weighted by molar-refractivity contribution is 5.76. The molecular formula is C67H133NO5. The Morgan fingerprint density at radius 3 is 0.836 bits per heavy atom. The molecule has 0 rings (SSSR count). The van der Waals surface area contributed by atoms with Gasteiger partial charge in [0, 0.05) is 12.8 Å². The quantitative estimate of drug-likeness (QED) is 0.0417. The Morgan fingerprint density at radius 1 is 0.329 bits per heavy atom. The van der Waals surface area contributed by atoms with Gasteiger partial charge in [-0.2, -0.15) is 0 Å². The van der Waals surface area contributed by atoms with Crippen LogP contribution < -0.4 is 5.32 Å². The summed E-state index contributed by atoms with van der Waals surface area (Å²) in [5.74, 6) is -0.00876. The van der Waals surface area contributed by atoms with E-state index >= 15 is 0 Å². The molecule has 0 heterocycles. The van der Waals surface area contributed by atoms with Crippen molar-refractivity contribution in [2.24, 2.45) is 0 Å². The van der Waals surface area contributed by atoms with Gasteiger partial charge in [0.15, 0.2) is 0 Å². The number of unbranched alkanes of at least 4 members (excludes halogenated alkanes) is 53. The summed E-state index contributed by atoms with van der Waals surface area (Å²) in [6, 6.07) is -0.538. The van der Waals surface area contributed by atoms with E-state index in [1.54, 1.807) is 0 Å². The van der Waals surface area contributed by atoms with Crippen molar-refractivity contribution in [3.8, 4) is 0 Å². The molecule has 0 aliphatic heterocycles. The Balaban J connectivity index is 3.31. The summed E-state index contributed by atoms with van der Waals surface area (Å²) >= 11 is 0. The lowest BCUT2D eigenvalue weighted by Crippen LogP contribution is -2.45. The molecule has 6 heteroatoms. The largest absolute Gasteiger partial charge is 0.466 e. The topological polar surface area (TPSA) is 95.9 Å². The van der Waals surface area contributed by atoms with Crippen LogP contribution in [0.4, 0.5) is 0 Å². The molecule has 0 radical (unpaired) electrons. The summed E-state index contributed by atoms with van der Waals surface area (Å²) in [6.07, 6.45) is 75.7. The number of nitrogens with one attached hydrogen (secondary N) is 1. The van der Waals surface area contributed by atoms with E-state index in [1.165, 1.54) is 321 Å². The number of esters is 1. The van der Waals surface area contributed by atoms with Gasteiger partial charge in [-0.1, -0.05) is 354 Å². The van der Waals surface area contributed by atoms with Gasteiger partial charge in [-0.3, -0.25) is 9.59 Å². The van der Waals surface area contributed by atoms with Crippen LogP contribution in [0.15, 0.2) is 0 Å². The van der Waals surface area contributed by atoms with Gasteiger partial charge >= 0.3 is 5.97 Å². The zero-order valence-electron chi connectivity index (χ0n) is 49.9. The van der Waals surface area contributed by atoms with Crippen LogP contribution in [0.3, 0.4) is 0 Å². The second-order valence-electron chi connectivity index (χ2n) is 23.5. The smallest absolute Gasteiger partial charge is 0.305 e. The minimum absolute atomic E-state index is 0.0223. The van der Waals surface area contributed by atoms with E-state index in [-0.39, 0.29) is 18.5 Å². The molecule has 0 bridgehead atoms. The van der Waals surface area contributed by atoms with Gasteiger partial charge in [-0.05, 0) is 25.7 Å². The number of rotatable bonds is 64. The summed E-state index contributed by atoms with van der Waals surface area (Å²) in [6.45, 7) is 4.99. The Hall–Kier alpha value is -1.14. The van der Waals surface area contributed by atoms with Crippen molar-refractivity contribution in [3.05, 3.63) is 0 Å². The van der Waals surface area contributed by atoms with Crippen molar-refractivity contribution in [3.63, 3.8) is 0 Å². The summed E-state index contributed by atoms with van der Waals surface area (Å²) < 4.78 is 5.51. The fourth-order valence-corrected chi connectivity index (χ4v) is 11.0. The number of ether oxygens (including phenoxy) is 1. The van der Waals surface area contributed by atoms with Crippen LogP contribution in [0.5, 0.6) is 0 Å². The van der Waals surface area contributed by atoms with Gasteiger partial charge in [0.1, 0.15) is 0 Å². The fourth-order valence-electron chi connectivity index (χ4n) is 11.0. The van der Waals surface area contributed by atoms with Crippen molar-refractivity contribution in [2.75, 3.05) is 13.2 Å². The maximum absolute atomic E-state index is 12.5. The van der Waals surface area contributed by atoms with Crippen molar-refractivity contribution in [2.45, 2.75) is 405 Å². The predicted molar refractivity (Wildman–Crippen MR) is 320 cm³/mol. The Kier molecular flexibility index (Phi) is 62.4. The molecule has 0 saturated carbocycles. The minimum atomic E-state index is -0.661. The van der Waals surface area contributed by atoms with E-state index in [2.05, 4.69) is 19.2 Å². The molecule has 0 fully saturated rings. The van der Waals surface area contributed by atoms with Gasteiger partial charge in [-0.15, -0.1) is 0 Å². The van der Waals surface area contributed by atoms with E-state index < -0.39 is 12.1 Å². The highest BCUT2D eigenvalue weighted by Gasteiger charge is 2.20. The number of hydrogen-bond donors (Lipinski definition) is 3. The first kappa shape index (κ1) is 71.9. The third kappa shape index (κ3) is 60.0. The van der Waals surface area contributed by atoms with E-state index in [9.17, 15) is 19.8 Å². The maximum Gasteiger partial charge on any atom is 0.305 e. The molecule has 2 unspecified atom stereocenters. The van der Waals surface area contributed by atoms with Crippen LogP contribution in [0.1, 0.15) is 393 Å². The third-order valence-electron chi connectivity index (χ3n) is 16.2. The van der Waals surface area contributed by atoms with Crippen LogP contribution >= 0.6 is 0 Å².